The molecule has 0 spiro atoms. The van der Waals surface area contributed by atoms with E-state index in [-0.39, 0.29) is 11.2 Å². The predicted octanol–water partition coefficient (Wildman–Crippen LogP) is 4.92. The Labute approximate surface area is 244 Å². The van der Waals surface area contributed by atoms with Crippen molar-refractivity contribution in [2.75, 3.05) is 7.11 Å². The number of hydrogen-bond acceptors (Lipinski definition) is 3. The number of methoxy groups -OCH3 is 1. The summed E-state index contributed by atoms with van der Waals surface area (Å²) in [7, 11) is 1.64. The number of ether oxygens (including phenoxy) is 1. The third kappa shape index (κ3) is 7.79. The second kappa shape index (κ2) is 14.2. The summed E-state index contributed by atoms with van der Waals surface area (Å²) in [6, 6.07) is 34.0. The summed E-state index contributed by atoms with van der Waals surface area (Å²) in [6.45, 7) is 6.25. The number of carbonyl (C=O) groups is 1. The molecule has 1 unspecified atom stereocenters. The molecule has 0 N–H and O–H groups in total. The van der Waals surface area contributed by atoms with Crippen molar-refractivity contribution in [1.29, 1.82) is 0 Å². The second-order valence-corrected chi connectivity index (χ2v) is 27.9. The van der Waals surface area contributed by atoms with Crippen LogP contribution in [0.5, 0.6) is 5.75 Å². The zero-order valence-electron chi connectivity index (χ0n) is 24.2. The fourth-order valence-electron chi connectivity index (χ4n) is 5.08. The summed E-state index contributed by atoms with van der Waals surface area (Å²) >= 11 is -4.21. The maximum absolute atomic E-state index is 12.3. The normalized spacial score (nSPS) is 11.7. The molecule has 0 aliphatic heterocycles. The first-order valence-electron chi connectivity index (χ1n) is 13.4. The first-order valence-corrected chi connectivity index (χ1v) is 26.3. The van der Waals surface area contributed by atoms with Crippen LogP contribution in [-0.4, -0.2) is 46.1 Å². The number of hydrogen-bond donors (Lipinski definition) is 0. The summed E-state index contributed by atoms with van der Waals surface area (Å²) in [5.74, 6) is -0.285. The van der Waals surface area contributed by atoms with Crippen LogP contribution in [0.2, 0.25) is 14.8 Å². The average Bonchev–Trinajstić information content (AvgIpc) is 2.90. The minimum absolute atomic E-state index is 0.0536. The molecular weight excluding hydrogens is 648 g/mol. The Morgan fingerprint density at radius 3 is 1.31 bits per heavy atom. The van der Waals surface area contributed by atoms with Gasteiger partial charge in [-0.25, -0.2) is 0 Å². The summed E-state index contributed by atoms with van der Waals surface area (Å²) in [5, 5.41) is 12.3. The molecule has 0 saturated carbocycles. The van der Waals surface area contributed by atoms with Crippen LogP contribution < -0.4 is 23.0 Å². The van der Waals surface area contributed by atoms with E-state index in [0.29, 0.717) is 0 Å². The number of aryl methyl sites for hydroxylation is 3. The number of carbonyl (C=O) groups excluding carboxylic acids is 1. The SMILES string of the molecule is COc1ccc([CH](CC(=O)[O-])[Ge]([c]2ccc(C)cc2)([c]2ccc(C)cc2)[c]2ccc(C)cc2)cc1.[CH3][Sn+]([CH3])[CH3]. The zero-order chi connectivity index (χ0) is 28.6. The van der Waals surface area contributed by atoms with E-state index in [2.05, 4.69) is 108 Å². The molecule has 0 bridgehead atoms. The van der Waals surface area contributed by atoms with Gasteiger partial charge < -0.3 is 0 Å². The van der Waals surface area contributed by atoms with E-state index in [1.165, 1.54) is 29.9 Å². The topological polar surface area (TPSA) is 49.4 Å². The number of carboxylic acid groups (broad SMARTS) is 1. The van der Waals surface area contributed by atoms with Crippen LogP contribution in [0.15, 0.2) is 97.1 Å². The molecule has 0 radical (unpaired) electrons. The van der Waals surface area contributed by atoms with Crippen molar-refractivity contribution in [3.8, 4) is 5.75 Å². The van der Waals surface area contributed by atoms with Crippen LogP contribution in [0.4, 0.5) is 0 Å². The Kier molecular flexibility index (Phi) is 11.3. The predicted molar refractivity (Wildman–Crippen MR) is 167 cm³/mol. The van der Waals surface area contributed by atoms with E-state index in [1.807, 2.05) is 24.3 Å². The molecule has 0 aliphatic rings. The van der Waals surface area contributed by atoms with Crippen molar-refractivity contribution in [2.24, 2.45) is 0 Å². The van der Waals surface area contributed by atoms with Crippen LogP contribution in [0.1, 0.15) is 33.4 Å². The molecule has 202 valence electrons. The molecule has 0 saturated heterocycles. The average molecular weight is 688 g/mol. The minimum atomic E-state index is -3.67. The van der Waals surface area contributed by atoms with Gasteiger partial charge in [0.25, 0.3) is 0 Å². The molecular formula is C34H40GeO3Sn. The van der Waals surface area contributed by atoms with Crippen molar-refractivity contribution < 1.29 is 14.6 Å². The summed E-state index contributed by atoms with van der Waals surface area (Å²) < 4.78 is 8.84. The number of rotatable bonds is 8. The third-order valence-electron chi connectivity index (χ3n) is 6.93. The standard InChI is InChI=1S/C31H32GeO3.3CH3.Sn/c1-22-5-13-26(14-6-22)32(27-15-7-23(2)8-16-27,28-17-9-24(3)10-18-28)30(21-31(33)34)25-11-19-29(35-4)20-12-25;;;;/h5-20,30H,21H2,1-4H3,(H,33,34);3*1H3;/q;;;;+1/p-1. The molecule has 4 aromatic rings. The Bertz CT molecular complexity index is 1220. The number of benzene rings is 4. The molecule has 0 fully saturated rings. The third-order valence-corrected chi connectivity index (χ3v) is 18.1. The molecule has 5 heteroatoms. The number of carboxylic acids is 1. The van der Waals surface area contributed by atoms with Gasteiger partial charge in [-0.1, -0.05) is 0 Å². The van der Waals surface area contributed by atoms with Crippen LogP contribution in [0.25, 0.3) is 0 Å². The van der Waals surface area contributed by atoms with Gasteiger partial charge in [0, 0.05) is 0 Å². The molecule has 39 heavy (non-hydrogen) atoms. The van der Waals surface area contributed by atoms with Gasteiger partial charge in [-0.2, -0.15) is 0 Å². The molecule has 0 aromatic heterocycles. The van der Waals surface area contributed by atoms with E-state index >= 15 is 0 Å². The Morgan fingerprint density at radius 1 is 0.692 bits per heavy atom. The van der Waals surface area contributed by atoms with E-state index in [0.717, 1.165) is 11.3 Å². The van der Waals surface area contributed by atoms with Gasteiger partial charge in [0.15, 0.2) is 0 Å². The van der Waals surface area contributed by atoms with E-state index < -0.39 is 39.0 Å². The Balaban J connectivity index is 0.000000983. The molecule has 0 heterocycles. The quantitative estimate of drug-likeness (QED) is 0.247. The van der Waals surface area contributed by atoms with E-state index in [4.69, 9.17) is 4.74 Å². The van der Waals surface area contributed by atoms with Crippen molar-refractivity contribution in [2.45, 2.75) is 46.8 Å². The van der Waals surface area contributed by atoms with Gasteiger partial charge in [0.1, 0.15) is 0 Å². The van der Waals surface area contributed by atoms with Gasteiger partial charge in [0.05, 0.1) is 0 Å². The van der Waals surface area contributed by atoms with Crippen LogP contribution in [0, 0.1) is 20.8 Å². The summed E-state index contributed by atoms with van der Waals surface area (Å²) in [6.07, 6.45) is -0.0536. The zero-order valence-corrected chi connectivity index (χ0v) is 29.2. The van der Waals surface area contributed by atoms with Crippen molar-refractivity contribution in [1.82, 2.24) is 0 Å². The van der Waals surface area contributed by atoms with Crippen LogP contribution >= 0.6 is 0 Å². The van der Waals surface area contributed by atoms with Gasteiger partial charge in [-0.3, -0.25) is 0 Å². The molecule has 4 rings (SSSR count). The first kappa shape index (κ1) is 31.0. The van der Waals surface area contributed by atoms with Gasteiger partial charge in [-0.05, 0) is 0 Å². The van der Waals surface area contributed by atoms with E-state index in [1.54, 1.807) is 7.11 Å². The van der Waals surface area contributed by atoms with Crippen LogP contribution in [-0.2, 0) is 4.79 Å². The Morgan fingerprint density at radius 2 is 1.03 bits per heavy atom. The maximum atomic E-state index is 12.3. The molecule has 3 nitrogen and oxygen atoms in total. The molecule has 0 amide bonds. The Hall–Kier alpha value is -2.51. The van der Waals surface area contributed by atoms with Crippen molar-refractivity contribution in [3.05, 3.63) is 119 Å². The van der Waals surface area contributed by atoms with E-state index in [9.17, 15) is 9.90 Å². The first-order chi connectivity index (χ1) is 18.6. The summed E-state index contributed by atoms with van der Waals surface area (Å²) in [4.78, 5) is 19.4. The van der Waals surface area contributed by atoms with Gasteiger partial charge in [-0.15, -0.1) is 0 Å². The molecule has 1 atom stereocenters. The van der Waals surface area contributed by atoms with Crippen molar-refractivity contribution in [3.63, 3.8) is 0 Å². The monoisotopic (exact) mass is 690 g/mol. The number of aliphatic carboxylic acids is 1. The molecule has 4 aromatic carbocycles. The fourth-order valence-corrected chi connectivity index (χ4v) is 16.5. The van der Waals surface area contributed by atoms with Crippen molar-refractivity contribution >= 4 is 52.2 Å². The van der Waals surface area contributed by atoms with Gasteiger partial charge in [0.2, 0.25) is 0 Å². The summed E-state index contributed by atoms with van der Waals surface area (Å²) in [5.41, 5.74) is 4.54. The second-order valence-electron chi connectivity index (χ2n) is 10.8. The molecule has 0 aliphatic carbocycles. The fraction of sp³-hybridized carbons (Fsp3) is 0.265. The van der Waals surface area contributed by atoms with Gasteiger partial charge >= 0.3 is 246 Å². The van der Waals surface area contributed by atoms with Crippen LogP contribution in [0.3, 0.4) is 0 Å².